The van der Waals surface area contributed by atoms with Crippen molar-refractivity contribution in [1.29, 1.82) is 0 Å². The Morgan fingerprint density at radius 2 is 1.50 bits per heavy atom. The van der Waals surface area contributed by atoms with E-state index in [1.165, 1.54) is 27.2 Å². The second kappa shape index (κ2) is 13.1. The van der Waals surface area contributed by atoms with Crippen LogP contribution < -0.4 is 15.5 Å². The van der Waals surface area contributed by atoms with Crippen LogP contribution in [0.25, 0.3) is 20.2 Å². The molecule has 3 amide bonds. The summed E-state index contributed by atoms with van der Waals surface area (Å²) in [6, 6.07) is 12.1. The van der Waals surface area contributed by atoms with Crippen molar-refractivity contribution >= 4 is 55.2 Å². The van der Waals surface area contributed by atoms with Gasteiger partial charge in [0.05, 0.1) is 0 Å². The Morgan fingerprint density at radius 1 is 0.842 bits per heavy atom. The number of carbonyl (C=O) groups is 4. The second-order valence-electron chi connectivity index (χ2n) is 8.05. The van der Waals surface area contributed by atoms with Gasteiger partial charge in [-0.05, 0) is 48.6 Å². The molecule has 1 aromatic heterocycles. The number of hydrogen-bond donors (Lipinski definition) is 1. The highest BCUT2D eigenvalue weighted by Gasteiger charge is 2.19. The molecular weight excluding hydrogens is 506 g/mol. The van der Waals surface area contributed by atoms with E-state index in [-0.39, 0.29) is 43.3 Å². The average molecular weight is 534 g/mol. The predicted molar refractivity (Wildman–Crippen MR) is 148 cm³/mol. The first-order valence-corrected chi connectivity index (χ1v) is 12.5. The molecule has 1 N–H and O–H groups in total. The summed E-state index contributed by atoms with van der Waals surface area (Å²) in [6.07, 6.45) is 3.30. The van der Waals surface area contributed by atoms with Crippen LogP contribution in [0, 0.1) is 0 Å². The monoisotopic (exact) mass is 533 g/mol. The zero-order chi connectivity index (χ0) is 27.7. The van der Waals surface area contributed by atoms with E-state index in [1.54, 1.807) is 24.3 Å². The largest absolute Gasteiger partial charge is 0.425 e. The molecule has 0 aliphatic rings. The van der Waals surface area contributed by atoms with Crippen LogP contribution in [0.15, 0.2) is 85.2 Å². The molecule has 1 heterocycles. The molecule has 2 aromatic carbocycles. The van der Waals surface area contributed by atoms with Crippen molar-refractivity contribution in [1.82, 2.24) is 15.1 Å². The minimum atomic E-state index is -0.726. The van der Waals surface area contributed by atoms with Crippen molar-refractivity contribution in [2.75, 3.05) is 32.7 Å². The summed E-state index contributed by atoms with van der Waals surface area (Å²) in [4.78, 5) is 64.2. The van der Waals surface area contributed by atoms with Gasteiger partial charge in [-0.3, -0.25) is 19.2 Å². The van der Waals surface area contributed by atoms with Gasteiger partial charge in [-0.15, -0.1) is 11.3 Å². The zero-order valence-corrected chi connectivity index (χ0v) is 21.5. The highest BCUT2D eigenvalue weighted by molar-refractivity contribution is 7.24. The number of amides is 3. The summed E-state index contributed by atoms with van der Waals surface area (Å²) in [5.74, 6) is -1.86. The van der Waals surface area contributed by atoms with Crippen molar-refractivity contribution in [3.8, 4) is 5.75 Å². The SMILES string of the molecule is C=CC(=O)NCCN(CCN(CC(=O)Oc1ccc2sc3ccccc3c(=O)c2c1)C(=O)C=C)C(=O)C=C. The van der Waals surface area contributed by atoms with E-state index in [4.69, 9.17) is 4.74 Å². The fourth-order valence-electron chi connectivity index (χ4n) is 3.65. The molecule has 0 unspecified atom stereocenters. The van der Waals surface area contributed by atoms with Crippen molar-refractivity contribution in [2.24, 2.45) is 0 Å². The van der Waals surface area contributed by atoms with Crippen LogP contribution in [0.4, 0.5) is 0 Å². The van der Waals surface area contributed by atoms with Crippen LogP contribution in [0.3, 0.4) is 0 Å². The van der Waals surface area contributed by atoms with E-state index < -0.39 is 24.3 Å². The molecule has 0 spiro atoms. The minimum absolute atomic E-state index is 0.00500. The number of nitrogens with one attached hydrogen (secondary N) is 1. The van der Waals surface area contributed by atoms with Gasteiger partial charge in [0.25, 0.3) is 0 Å². The minimum Gasteiger partial charge on any atom is -0.425 e. The van der Waals surface area contributed by atoms with Gasteiger partial charge in [-0.2, -0.15) is 0 Å². The van der Waals surface area contributed by atoms with E-state index in [9.17, 15) is 24.0 Å². The van der Waals surface area contributed by atoms with Gasteiger partial charge in [0.2, 0.25) is 17.7 Å². The van der Waals surface area contributed by atoms with Crippen molar-refractivity contribution in [3.05, 3.63) is 90.7 Å². The van der Waals surface area contributed by atoms with Crippen LogP contribution in [0.5, 0.6) is 5.75 Å². The number of nitrogens with zero attached hydrogens (tertiary/aromatic N) is 2. The summed E-state index contributed by atoms with van der Waals surface area (Å²) in [5, 5.41) is 3.58. The normalized spacial score (nSPS) is 10.4. The van der Waals surface area contributed by atoms with E-state index in [2.05, 4.69) is 25.1 Å². The molecule has 3 rings (SSSR count). The lowest BCUT2D eigenvalue weighted by Crippen LogP contribution is -2.45. The average Bonchev–Trinajstić information content (AvgIpc) is 2.93. The lowest BCUT2D eigenvalue weighted by atomic mass is 10.2. The highest BCUT2D eigenvalue weighted by Crippen LogP contribution is 2.27. The third-order valence-electron chi connectivity index (χ3n) is 5.58. The molecule has 0 aliphatic heterocycles. The standard InChI is InChI=1S/C28H27N3O6S/c1-4-24(32)29-13-14-30(25(33)5-2)15-16-31(26(34)6-3)18-27(35)37-19-11-12-23-21(17-19)28(36)20-9-7-8-10-22(20)38-23/h4-12,17H,1-3,13-16,18H2,(H,29,32). The number of benzene rings is 2. The van der Waals surface area contributed by atoms with Gasteiger partial charge < -0.3 is 19.9 Å². The number of hydrogen-bond acceptors (Lipinski definition) is 7. The first kappa shape index (κ1) is 28.0. The number of carbonyl (C=O) groups excluding carboxylic acids is 4. The van der Waals surface area contributed by atoms with E-state index >= 15 is 0 Å². The first-order chi connectivity index (χ1) is 18.3. The maximum Gasteiger partial charge on any atom is 0.331 e. The molecule has 0 aliphatic carbocycles. The molecule has 38 heavy (non-hydrogen) atoms. The molecule has 9 nitrogen and oxygen atoms in total. The Kier molecular flexibility index (Phi) is 9.66. The number of esters is 1. The van der Waals surface area contributed by atoms with Crippen LogP contribution in [0.1, 0.15) is 0 Å². The van der Waals surface area contributed by atoms with Crippen molar-refractivity contribution in [2.45, 2.75) is 0 Å². The zero-order valence-electron chi connectivity index (χ0n) is 20.7. The Labute approximate surface area is 223 Å². The van der Waals surface area contributed by atoms with Crippen LogP contribution >= 0.6 is 11.3 Å². The third-order valence-corrected chi connectivity index (χ3v) is 6.73. The lowest BCUT2D eigenvalue weighted by molar-refractivity contribution is -0.141. The van der Waals surface area contributed by atoms with Crippen molar-refractivity contribution < 1.29 is 23.9 Å². The van der Waals surface area contributed by atoms with Crippen LogP contribution in [-0.2, 0) is 19.2 Å². The maximum atomic E-state index is 12.9. The topological polar surface area (TPSA) is 113 Å². The van der Waals surface area contributed by atoms with Gasteiger partial charge in [0.15, 0.2) is 5.43 Å². The van der Waals surface area contributed by atoms with Gasteiger partial charge in [0.1, 0.15) is 12.3 Å². The quantitative estimate of drug-likeness (QED) is 0.166. The maximum absolute atomic E-state index is 12.9. The number of ether oxygens (including phenoxy) is 1. The Balaban J connectivity index is 1.70. The smallest absolute Gasteiger partial charge is 0.331 e. The Bertz CT molecular complexity index is 1480. The van der Waals surface area contributed by atoms with E-state index in [1.807, 2.05) is 12.1 Å². The third kappa shape index (κ3) is 7.01. The highest BCUT2D eigenvalue weighted by atomic mass is 32.1. The summed E-state index contributed by atoms with van der Waals surface area (Å²) < 4.78 is 7.06. The molecule has 0 saturated carbocycles. The van der Waals surface area contributed by atoms with Gasteiger partial charge in [-0.1, -0.05) is 31.9 Å². The van der Waals surface area contributed by atoms with Crippen LogP contribution in [0.2, 0.25) is 0 Å². The Morgan fingerprint density at radius 3 is 2.21 bits per heavy atom. The van der Waals surface area contributed by atoms with Gasteiger partial charge in [-0.25, -0.2) is 4.79 Å². The molecule has 3 aromatic rings. The molecular formula is C28H27N3O6S. The van der Waals surface area contributed by atoms with Crippen molar-refractivity contribution in [3.63, 3.8) is 0 Å². The van der Waals surface area contributed by atoms with Crippen LogP contribution in [-0.4, -0.2) is 66.2 Å². The number of fused-ring (bicyclic) bond motifs is 2. The number of rotatable bonds is 12. The fourth-order valence-corrected chi connectivity index (χ4v) is 4.70. The van der Waals surface area contributed by atoms with Gasteiger partial charge >= 0.3 is 5.97 Å². The summed E-state index contributed by atoms with van der Waals surface area (Å²) >= 11 is 1.46. The van der Waals surface area contributed by atoms with Gasteiger partial charge in [0, 0.05) is 46.4 Å². The molecule has 0 radical (unpaired) electrons. The summed E-state index contributed by atoms with van der Waals surface area (Å²) in [7, 11) is 0. The first-order valence-electron chi connectivity index (χ1n) is 11.7. The molecule has 0 fully saturated rings. The molecule has 0 bridgehead atoms. The molecule has 196 valence electrons. The molecule has 0 saturated heterocycles. The fraction of sp³-hybridized carbons (Fsp3) is 0.179. The Hall–Kier alpha value is -4.57. The van der Waals surface area contributed by atoms with E-state index in [0.717, 1.165) is 27.6 Å². The summed E-state index contributed by atoms with van der Waals surface area (Å²) in [5.41, 5.74) is -0.160. The second-order valence-corrected chi connectivity index (χ2v) is 9.13. The predicted octanol–water partition coefficient (Wildman–Crippen LogP) is 2.65. The van der Waals surface area contributed by atoms with E-state index in [0.29, 0.717) is 10.8 Å². The molecule has 0 atom stereocenters. The molecule has 10 heteroatoms. The summed E-state index contributed by atoms with van der Waals surface area (Å²) in [6.45, 7) is 10.3. The lowest BCUT2D eigenvalue weighted by Gasteiger charge is -2.26.